The van der Waals surface area contributed by atoms with Gasteiger partial charge in [0.1, 0.15) is 0 Å². The van der Waals surface area contributed by atoms with Gasteiger partial charge in [-0.15, -0.1) is 6.58 Å². The van der Waals surface area contributed by atoms with E-state index >= 15 is 0 Å². The number of carbonyl (C=O) groups is 1. The van der Waals surface area contributed by atoms with Crippen molar-refractivity contribution in [2.24, 2.45) is 5.92 Å². The lowest BCUT2D eigenvalue weighted by Crippen LogP contribution is -2.25. The molecule has 0 aliphatic rings. The largest absolute Gasteiger partial charge is 0.481 e. The fourth-order valence-corrected chi connectivity index (χ4v) is 1.15. The molecule has 0 saturated heterocycles. The van der Waals surface area contributed by atoms with E-state index in [0.717, 1.165) is 19.4 Å². The van der Waals surface area contributed by atoms with Gasteiger partial charge in [0.15, 0.2) is 0 Å². The number of carboxylic acids is 1. The van der Waals surface area contributed by atoms with Crippen LogP contribution in [0.15, 0.2) is 12.7 Å². The first-order valence-electron chi connectivity index (χ1n) is 5.14. The maximum Gasteiger partial charge on any atom is 0.303 e. The average Bonchev–Trinajstić information content (AvgIpc) is 2.14. The SMILES string of the molecule is C=CC(C)NCCC(C)CCC(=O)O. The summed E-state index contributed by atoms with van der Waals surface area (Å²) in [5, 5.41) is 11.8. The monoisotopic (exact) mass is 199 g/mol. The van der Waals surface area contributed by atoms with Gasteiger partial charge in [0.2, 0.25) is 0 Å². The Labute approximate surface area is 86.2 Å². The lowest BCUT2D eigenvalue weighted by atomic mass is 10.0. The Morgan fingerprint density at radius 2 is 2.14 bits per heavy atom. The molecule has 14 heavy (non-hydrogen) atoms. The van der Waals surface area contributed by atoms with Crippen LogP contribution in [-0.2, 0) is 4.79 Å². The summed E-state index contributed by atoms with van der Waals surface area (Å²) < 4.78 is 0. The highest BCUT2D eigenvalue weighted by molar-refractivity contribution is 5.66. The van der Waals surface area contributed by atoms with E-state index in [2.05, 4.69) is 25.7 Å². The molecule has 3 heteroatoms. The molecule has 0 saturated carbocycles. The van der Waals surface area contributed by atoms with Crippen LogP contribution in [0.25, 0.3) is 0 Å². The molecule has 0 aromatic carbocycles. The summed E-state index contributed by atoms with van der Waals surface area (Å²) in [7, 11) is 0. The molecule has 0 aliphatic carbocycles. The third kappa shape index (κ3) is 7.80. The second kappa shape index (κ2) is 7.56. The van der Waals surface area contributed by atoms with Gasteiger partial charge in [-0.05, 0) is 32.2 Å². The Bertz CT molecular complexity index is 180. The smallest absolute Gasteiger partial charge is 0.303 e. The van der Waals surface area contributed by atoms with Crippen LogP contribution in [0.3, 0.4) is 0 Å². The van der Waals surface area contributed by atoms with Crippen molar-refractivity contribution in [3.05, 3.63) is 12.7 Å². The zero-order chi connectivity index (χ0) is 11.0. The van der Waals surface area contributed by atoms with Crippen molar-refractivity contribution in [3.8, 4) is 0 Å². The Morgan fingerprint density at radius 1 is 1.50 bits per heavy atom. The number of carboxylic acid groups (broad SMARTS) is 1. The molecule has 0 aliphatic heterocycles. The van der Waals surface area contributed by atoms with Crippen molar-refractivity contribution in [1.82, 2.24) is 5.32 Å². The summed E-state index contributed by atoms with van der Waals surface area (Å²) in [5.41, 5.74) is 0. The normalized spacial score (nSPS) is 14.7. The number of rotatable bonds is 8. The van der Waals surface area contributed by atoms with Crippen LogP contribution >= 0.6 is 0 Å². The molecule has 0 spiro atoms. The van der Waals surface area contributed by atoms with Crippen LogP contribution < -0.4 is 5.32 Å². The maximum atomic E-state index is 10.3. The molecule has 0 amide bonds. The number of hydrogen-bond donors (Lipinski definition) is 2. The quantitative estimate of drug-likeness (QED) is 0.588. The molecule has 0 aromatic heterocycles. The molecule has 0 heterocycles. The molecular weight excluding hydrogens is 178 g/mol. The average molecular weight is 199 g/mol. The van der Waals surface area contributed by atoms with Gasteiger partial charge in [-0.3, -0.25) is 4.79 Å². The highest BCUT2D eigenvalue weighted by Gasteiger charge is 2.05. The van der Waals surface area contributed by atoms with Gasteiger partial charge < -0.3 is 10.4 Å². The zero-order valence-electron chi connectivity index (χ0n) is 9.12. The molecule has 3 nitrogen and oxygen atoms in total. The molecule has 0 bridgehead atoms. The molecule has 0 aromatic rings. The number of aliphatic carboxylic acids is 1. The molecule has 2 unspecified atom stereocenters. The van der Waals surface area contributed by atoms with E-state index in [4.69, 9.17) is 5.11 Å². The van der Waals surface area contributed by atoms with Gasteiger partial charge in [-0.25, -0.2) is 0 Å². The minimum atomic E-state index is -0.704. The van der Waals surface area contributed by atoms with Crippen molar-refractivity contribution in [3.63, 3.8) is 0 Å². The Balaban J connectivity index is 3.39. The van der Waals surface area contributed by atoms with Gasteiger partial charge in [0, 0.05) is 12.5 Å². The van der Waals surface area contributed by atoms with Crippen LogP contribution in [0.4, 0.5) is 0 Å². The van der Waals surface area contributed by atoms with E-state index in [1.165, 1.54) is 0 Å². The molecule has 0 fully saturated rings. The van der Waals surface area contributed by atoms with E-state index in [1.807, 2.05) is 6.08 Å². The first kappa shape index (κ1) is 13.2. The topological polar surface area (TPSA) is 49.3 Å². The summed E-state index contributed by atoms with van der Waals surface area (Å²) in [6.45, 7) is 8.74. The highest BCUT2D eigenvalue weighted by atomic mass is 16.4. The molecule has 82 valence electrons. The van der Waals surface area contributed by atoms with Gasteiger partial charge >= 0.3 is 5.97 Å². The molecule has 0 radical (unpaired) electrons. The molecule has 2 atom stereocenters. The highest BCUT2D eigenvalue weighted by Crippen LogP contribution is 2.09. The van der Waals surface area contributed by atoms with E-state index < -0.39 is 5.97 Å². The minimum absolute atomic E-state index is 0.276. The van der Waals surface area contributed by atoms with E-state index in [9.17, 15) is 4.79 Å². The second-order valence-corrected chi connectivity index (χ2v) is 3.80. The first-order valence-corrected chi connectivity index (χ1v) is 5.14. The molecule has 0 rings (SSSR count). The molecule has 2 N–H and O–H groups in total. The second-order valence-electron chi connectivity index (χ2n) is 3.80. The summed E-state index contributed by atoms with van der Waals surface area (Å²) in [6.07, 6.45) is 3.92. The Hall–Kier alpha value is -0.830. The Kier molecular flexibility index (Phi) is 7.11. The third-order valence-corrected chi connectivity index (χ3v) is 2.31. The number of hydrogen-bond acceptors (Lipinski definition) is 2. The third-order valence-electron chi connectivity index (χ3n) is 2.31. The molecular formula is C11H21NO2. The van der Waals surface area contributed by atoms with Crippen molar-refractivity contribution in [2.45, 2.75) is 39.2 Å². The van der Waals surface area contributed by atoms with Crippen molar-refractivity contribution in [2.75, 3.05) is 6.54 Å². The van der Waals surface area contributed by atoms with Crippen LogP contribution in [0.2, 0.25) is 0 Å². The van der Waals surface area contributed by atoms with Crippen LogP contribution in [0.5, 0.6) is 0 Å². The zero-order valence-corrected chi connectivity index (χ0v) is 9.12. The number of nitrogens with one attached hydrogen (secondary N) is 1. The fraction of sp³-hybridized carbons (Fsp3) is 0.727. The van der Waals surface area contributed by atoms with Gasteiger partial charge in [0.25, 0.3) is 0 Å². The lowest BCUT2D eigenvalue weighted by Gasteiger charge is -2.12. The summed E-state index contributed by atoms with van der Waals surface area (Å²) in [4.78, 5) is 10.3. The van der Waals surface area contributed by atoms with Crippen molar-refractivity contribution >= 4 is 5.97 Å². The van der Waals surface area contributed by atoms with Gasteiger partial charge in [0.05, 0.1) is 0 Å². The summed E-state index contributed by atoms with van der Waals surface area (Å²) in [6, 6.07) is 0.335. The Morgan fingerprint density at radius 3 is 2.64 bits per heavy atom. The maximum absolute atomic E-state index is 10.3. The van der Waals surface area contributed by atoms with E-state index in [-0.39, 0.29) is 6.42 Å². The summed E-state index contributed by atoms with van der Waals surface area (Å²) >= 11 is 0. The van der Waals surface area contributed by atoms with Crippen LogP contribution in [-0.4, -0.2) is 23.7 Å². The predicted octanol–water partition coefficient (Wildman–Crippen LogP) is 2.04. The first-order chi connectivity index (χ1) is 6.56. The van der Waals surface area contributed by atoms with E-state index in [0.29, 0.717) is 12.0 Å². The lowest BCUT2D eigenvalue weighted by molar-refractivity contribution is -0.137. The van der Waals surface area contributed by atoms with E-state index in [1.54, 1.807) is 0 Å². The summed E-state index contributed by atoms with van der Waals surface area (Å²) in [5.74, 6) is -0.236. The standard InChI is InChI=1S/C11H21NO2/c1-4-10(3)12-8-7-9(2)5-6-11(13)14/h4,9-10,12H,1,5-8H2,2-3H3,(H,13,14). The minimum Gasteiger partial charge on any atom is -0.481 e. The fourth-order valence-electron chi connectivity index (χ4n) is 1.15. The van der Waals surface area contributed by atoms with Crippen LogP contribution in [0.1, 0.15) is 33.1 Å². The van der Waals surface area contributed by atoms with Gasteiger partial charge in [-0.2, -0.15) is 0 Å². The van der Waals surface area contributed by atoms with Gasteiger partial charge in [-0.1, -0.05) is 13.0 Å². The van der Waals surface area contributed by atoms with Crippen molar-refractivity contribution in [1.29, 1.82) is 0 Å². The predicted molar refractivity (Wildman–Crippen MR) is 58.3 cm³/mol. The van der Waals surface area contributed by atoms with Crippen LogP contribution in [0, 0.1) is 5.92 Å². The van der Waals surface area contributed by atoms with Crippen molar-refractivity contribution < 1.29 is 9.90 Å².